The van der Waals surface area contributed by atoms with Crippen molar-refractivity contribution in [3.05, 3.63) is 0 Å². The Morgan fingerprint density at radius 2 is 2.11 bits per heavy atom. The van der Waals surface area contributed by atoms with Gasteiger partial charge in [0.05, 0.1) is 6.10 Å². The van der Waals surface area contributed by atoms with Crippen molar-refractivity contribution in [2.45, 2.75) is 51.8 Å². The van der Waals surface area contributed by atoms with E-state index in [1.807, 2.05) is 4.72 Å². The largest absolute Gasteiger partial charge is 0.446 e. The van der Waals surface area contributed by atoms with Crippen LogP contribution in [0.5, 0.6) is 0 Å². The third-order valence-corrected chi connectivity index (χ3v) is 4.30. The van der Waals surface area contributed by atoms with Crippen LogP contribution < -0.4 is 10.5 Å². The van der Waals surface area contributed by atoms with Crippen molar-refractivity contribution in [2.75, 3.05) is 6.54 Å². The van der Waals surface area contributed by atoms with Gasteiger partial charge in [-0.15, -0.1) is 0 Å². The maximum atomic E-state index is 12.0. The second kappa shape index (κ2) is 5.85. The van der Waals surface area contributed by atoms with Crippen LogP contribution in [0.25, 0.3) is 0 Å². The van der Waals surface area contributed by atoms with E-state index in [1.165, 1.54) is 4.31 Å². The van der Waals surface area contributed by atoms with Crippen LogP contribution in [0.3, 0.4) is 0 Å². The highest BCUT2D eigenvalue weighted by molar-refractivity contribution is 7.87. The van der Waals surface area contributed by atoms with E-state index in [2.05, 4.69) is 0 Å². The summed E-state index contributed by atoms with van der Waals surface area (Å²) in [6.07, 6.45) is -0.149. The molecule has 0 aromatic heterocycles. The molecule has 1 saturated heterocycles. The van der Waals surface area contributed by atoms with Crippen LogP contribution in [0.15, 0.2) is 0 Å². The highest BCUT2D eigenvalue weighted by Gasteiger charge is 2.33. The topological polar surface area (TPSA) is 102 Å². The predicted octanol–water partition coefficient (Wildman–Crippen LogP) is 0.177. The molecule has 0 bridgehead atoms. The van der Waals surface area contributed by atoms with Crippen LogP contribution in [-0.2, 0) is 14.9 Å². The van der Waals surface area contributed by atoms with E-state index in [0.29, 0.717) is 19.4 Å². The Bertz CT molecular complexity index is 396. The number of ether oxygens (including phenoxy) is 1. The van der Waals surface area contributed by atoms with E-state index < -0.39 is 16.3 Å². The van der Waals surface area contributed by atoms with Crippen LogP contribution in [0.4, 0.5) is 4.79 Å². The molecular weight excluding hydrogens is 258 g/mol. The van der Waals surface area contributed by atoms with Gasteiger partial charge < -0.3 is 10.5 Å². The third kappa shape index (κ3) is 4.11. The summed E-state index contributed by atoms with van der Waals surface area (Å²) in [7, 11) is -3.85. The number of hydrogen-bond acceptors (Lipinski definition) is 5. The molecule has 2 unspecified atom stereocenters. The second-order valence-electron chi connectivity index (χ2n) is 4.81. The van der Waals surface area contributed by atoms with Crippen molar-refractivity contribution < 1.29 is 17.9 Å². The summed E-state index contributed by atoms with van der Waals surface area (Å²) >= 11 is 0. The van der Waals surface area contributed by atoms with E-state index in [0.717, 1.165) is 0 Å². The fourth-order valence-electron chi connectivity index (χ4n) is 1.95. The second-order valence-corrected chi connectivity index (χ2v) is 6.43. The van der Waals surface area contributed by atoms with Crippen LogP contribution >= 0.6 is 0 Å². The summed E-state index contributed by atoms with van der Waals surface area (Å²) < 4.78 is 31.8. The van der Waals surface area contributed by atoms with Gasteiger partial charge in [-0.05, 0) is 33.6 Å². The zero-order valence-corrected chi connectivity index (χ0v) is 11.7. The fraction of sp³-hybridized carbons (Fsp3) is 0.900. The summed E-state index contributed by atoms with van der Waals surface area (Å²) in [6, 6.07) is -0.216. The van der Waals surface area contributed by atoms with Gasteiger partial charge >= 0.3 is 16.3 Å². The van der Waals surface area contributed by atoms with Crippen LogP contribution in [0.1, 0.15) is 33.6 Å². The fourth-order valence-corrected chi connectivity index (χ4v) is 3.23. The van der Waals surface area contributed by atoms with Gasteiger partial charge in [-0.25, -0.2) is 9.52 Å². The average molecular weight is 279 g/mol. The van der Waals surface area contributed by atoms with Gasteiger partial charge in [-0.1, -0.05) is 0 Å². The van der Waals surface area contributed by atoms with Gasteiger partial charge in [0.15, 0.2) is 0 Å². The monoisotopic (exact) mass is 279 g/mol. The molecule has 2 atom stereocenters. The first-order valence-electron chi connectivity index (χ1n) is 5.98. The molecule has 0 radical (unpaired) electrons. The Morgan fingerprint density at radius 1 is 1.50 bits per heavy atom. The number of hydrogen-bond donors (Lipinski definition) is 2. The Labute approximate surface area is 108 Å². The minimum absolute atomic E-state index is 0.00839. The molecule has 1 amide bonds. The molecule has 8 heteroatoms. The van der Waals surface area contributed by atoms with E-state index in [4.69, 9.17) is 10.5 Å². The first-order chi connectivity index (χ1) is 8.22. The lowest BCUT2D eigenvalue weighted by Gasteiger charge is -2.34. The maximum Gasteiger partial charge on any atom is 0.422 e. The molecule has 0 aliphatic carbocycles. The normalized spacial score (nSPS) is 26.1. The summed E-state index contributed by atoms with van der Waals surface area (Å²) in [5, 5.41) is 0. The van der Waals surface area contributed by atoms with Crippen LogP contribution in [0.2, 0.25) is 0 Å². The number of carbonyl (C=O) groups excluding carboxylic acids is 1. The van der Waals surface area contributed by atoms with Gasteiger partial charge in [0.25, 0.3) is 0 Å². The van der Waals surface area contributed by atoms with Crippen molar-refractivity contribution in [1.82, 2.24) is 9.03 Å². The zero-order chi connectivity index (χ0) is 13.9. The molecule has 1 fully saturated rings. The summed E-state index contributed by atoms with van der Waals surface area (Å²) in [4.78, 5) is 11.3. The molecule has 0 aromatic rings. The van der Waals surface area contributed by atoms with E-state index in [9.17, 15) is 13.2 Å². The smallest absolute Gasteiger partial charge is 0.422 e. The SMILES string of the molecule is CC(C)OC(=O)NS(=O)(=O)N1CCC(N)CC1C. The Balaban J connectivity index is 2.66. The predicted molar refractivity (Wildman–Crippen MR) is 67.0 cm³/mol. The third-order valence-electron chi connectivity index (χ3n) is 2.72. The minimum Gasteiger partial charge on any atom is -0.446 e. The number of nitrogens with two attached hydrogens (primary N) is 1. The number of amides is 1. The summed E-state index contributed by atoms with van der Waals surface area (Å²) in [5.74, 6) is 0. The van der Waals surface area contributed by atoms with Crippen molar-refractivity contribution in [1.29, 1.82) is 0 Å². The summed E-state index contributed by atoms with van der Waals surface area (Å²) in [6.45, 7) is 5.38. The highest BCUT2D eigenvalue weighted by atomic mass is 32.2. The number of piperidine rings is 1. The maximum absolute atomic E-state index is 12.0. The van der Waals surface area contributed by atoms with Gasteiger partial charge in [0, 0.05) is 18.6 Å². The van der Waals surface area contributed by atoms with Crippen molar-refractivity contribution in [3.8, 4) is 0 Å². The minimum atomic E-state index is -3.85. The molecule has 1 heterocycles. The van der Waals surface area contributed by atoms with Gasteiger partial charge in [0.1, 0.15) is 0 Å². The molecule has 1 aliphatic heterocycles. The Hall–Kier alpha value is -0.860. The molecule has 0 aromatic carbocycles. The molecule has 1 rings (SSSR count). The molecule has 18 heavy (non-hydrogen) atoms. The molecule has 0 spiro atoms. The van der Waals surface area contributed by atoms with Crippen LogP contribution in [0, 0.1) is 0 Å². The zero-order valence-electron chi connectivity index (χ0n) is 10.9. The van der Waals surface area contributed by atoms with E-state index in [1.54, 1.807) is 20.8 Å². The van der Waals surface area contributed by atoms with Crippen molar-refractivity contribution in [3.63, 3.8) is 0 Å². The van der Waals surface area contributed by atoms with Crippen molar-refractivity contribution >= 4 is 16.3 Å². The molecule has 7 nitrogen and oxygen atoms in total. The lowest BCUT2D eigenvalue weighted by molar-refractivity contribution is 0.120. The molecule has 106 valence electrons. The Morgan fingerprint density at radius 3 is 2.61 bits per heavy atom. The highest BCUT2D eigenvalue weighted by Crippen LogP contribution is 2.18. The molecular formula is C10H21N3O4S. The van der Waals surface area contributed by atoms with Gasteiger partial charge in [0.2, 0.25) is 0 Å². The van der Waals surface area contributed by atoms with E-state index >= 15 is 0 Å². The lowest BCUT2D eigenvalue weighted by atomic mass is 10.0. The molecule has 0 saturated carbocycles. The summed E-state index contributed by atoms with van der Waals surface area (Å²) in [5.41, 5.74) is 5.76. The first kappa shape index (κ1) is 15.2. The molecule has 3 N–H and O–H groups in total. The number of nitrogens with one attached hydrogen (secondary N) is 1. The standard InChI is InChI=1S/C10H21N3O4S/c1-7(2)17-10(14)12-18(15,16)13-5-4-9(11)6-8(13)3/h7-9H,4-6,11H2,1-3H3,(H,12,14). The number of nitrogens with zero attached hydrogens (tertiary/aromatic N) is 1. The van der Waals surface area contributed by atoms with Gasteiger partial charge in [-0.2, -0.15) is 12.7 Å². The molecule has 1 aliphatic rings. The van der Waals surface area contributed by atoms with Crippen molar-refractivity contribution in [2.24, 2.45) is 5.73 Å². The quantitative estimate of drug-likeness (QED) is 0.767. The first-order valence-corrected chi connectivity index (χ1v) is 7.42. The lowest BCUT2D eigenvalue weighted by Crippen LogP contribution is -2.53. The average Bonchev–Trinajstić information content (AvgIpc) is 2.13. The van der Waals surface area contributed by atoms with Gasteiger partial charge in [-0.3, -0.25) is 0 Å². The van der Waals surface area contributed by atoms with Crippen LogP contribution in [-0.4, -0.2) is 43.5 Å². The van der Waals surface area contributed by atoms with E-state index in [-0.39, 0.29) is 18.2 Å². The number of carbonyl (C=O) groups is 1. The number of rotatable bonds is 3. The Kier molecular flexibility index (Phi) is 4.94.